The lowest BCUT2D eigenvalue weighted by molar-refractivity contribution is 0.416. The van der Waals surface area contributed by atoms with Gasteiger partial charge >= 0.3 is 0 Å². The minimum Gasteiger partial charge on any atom is -0.493 e. The highest BCUT2D eigenvalue weighted by Crippen LogP contribution is 2.19. The molecule has 0 atom stereocenters. The monoisotopic (exact) mass is 178 g/mol. The lowest BCUT2D eigenvalue weighted by Crippen LogP contribution is -1.99. The van der Waals surface area contributed by atoms with E-state index in [1.807, 2.05) is 6.92 Å². The molecule has 2 aromatic rings. The van der Waals surface area contributed by atoms with Gasteiger partial charge in [-0.05, 0) is 6.92 Å². The summed E-state index contributed by atoms with van der Waals surface area (Å²) in [6.07, 6.45) is 1.80. The summed E-state index contributed by atoms with van der Waals surface area (Å²) in [4.78, 5) is 4.24. The van der Waals surface area contributed by atoms with Gasteiger partial charge in [-0.3, -0.25) is 0 Å². The zero-order chi connectivity index (χ0) is 9.42. The van der Waals surface area contributed by atoms with E-state index in [2.05, 4.69) is 10.1 Å². The van der Waals surface area contributed by atoms with Crippen LogP contribution in [0.4, 0.5) is 5.82 Å². The summed E-state index contributed by atoms with van der Waals surface area (Å²) < 4.78 is 6.73. The van der Waals surface area contributed by atoms with E-state index in [0.717, 1.165) is 5.69 Å². The summed E-state index contributed by atoms with van der Waals surface area (Å²) in [6.45, 7) is 1.89. The summed E-state index contributed by atoms with van der Waals surface area (Å²) in [5.41, 5.74) is 7.14. The summed E-state index contributed by atoms with van der Waals surface area (Å²) >= 11 is 0. The Hall–Kier alpha value is -1.78. The molecule has 2 N–H and O–H groups in total. The Kier molecular flexibility index (Phi) is 1.58. The molecule has 0 aliphatic rings. The SMILES string of the molecule is COc1cc(N)nn2cc(C)nc12. The van der Waals surface area contributed by atoms with Gasteiger partial charge in [0.2, 0.25) is 0 Å². The number of fused-ring (bicyclic) bond motifs is 1. The number of rotatable bonds is 1. The molecule has 5 heteroatoms. The average Bonchev–Trinajstić information content (AvgIpc) is 2.43. The number of hydrogen-bond donors (Lipinski definition) is 1. The molecule has 0 aliphatic carbocycles. The number of methoxy groups -OCH3 is 1. The number of nitrogens with two attached hydrogens (primary N) is 1. The topological polar surface area (TPSA) is 65.4 Å². The van der Waals surface area contributed by atoms with Gasteiger partial charge in [-0.2, -0.15) is 0 Å². The van der Waals surface area contributed by atoms with Crippen molar-refractivity contribution in [3.8, 4) is 5.75 Å². The molecule has 0 saturated heterocycles. The van der Waals surface area contributed by atoms with Gasteiger partial charge in [0, 0.05) is 6.07 Å². The highest BCUT2D eigenvalue weighted by atomic mass is 16.5. The molecule has 5 nitrogen and oxygen atoms in total. The fourth-order valence-corrected chi connectivity index (χ4v) is 1.23. The molecule has 0 amide bonds. The Morgan fingerprint density at radius 2 is 2.31 bits per heavy atom. The highest BCUT2D eigenvalue weighted by molar-refractivity contribution is 5.57. The first-order valence-corrected chi connectivity index (χ1v) is 3.87. The van der Waals surface area contributed by atoms with Gasteiger partial charge in [-0.15, -0.1) is 5.10 Å². The third kappa shape index (κ3) is 1.18. The van der Waals surface area contributed by atoms with Crippen LogP contribution in [0, 0.1) is 6.92 Å². The molecule has 0 spiro atoms. The predicted octanol–water partition coefficient (Wildman–Crippen LogP) is 0.629. The number of ether oxygens (including phenoxy) is 1. The number of aromatic nitrogens is 3. The van der Waals surface area contributed by atoms with Crippen molar-refractivity contribution in [3.05, 3.63) is 18.0 Å². The van der Waals surface area contributed by atoms with Crippen LogP contribution >= 0.6 is 0 Å². The lowest BCUT2D eigenvalue weighted by atomic mass is 10.5. The first-order chi connectivity index (χ1) is 6.20. The molecule has 2 rings (SSSR count). The summed E-state index contributed by atoms with van der Waals surface area (Å²) in [7, 11) is 1.58. The predicted molar refractivity (Wildman–Crippen MR) is 48.7 cm³/mol. The molecule has 0 unspecified atom stereocenters. The van der Waals surface area contributed by atoms with E-state index in [1.54, 1.807) is 23.9 Å². The third-order valence-electron chi connectivity index (χ3n) is 1.75. The second-order valence-electron chi connectivity index (χ2n) is 2.79. The summed E-state index contributed by atoms with van der Waals surface area (Å²) in [5, 5.41) is 4.06. The first-order valence-electron chi connectivity index (χ1n) is 3.87. The second kappa shape index (κ2) is 2.62. The molecule has 68 valence electrons. The van der Waals surface area contributed by atoms with Crippen LogP contribution in [-0.4, -0.2) is 21.7 Å². The van der Waals surface area contributed by atoms with Gasteiger partial charge in [-0.25, -0.2) is 9.50 Å². The number of imidazole rings is 1. The highest BCUT2D eigenvalue weighted by Gasteiger charge is 2.06. The molecule has 2 aromatic heterocycles. The number of hydrogen-bond acceptors (Lipinski definition) is 4. The van der Waals surface area contributed by atoms with Crippen LogP contribution < -0.4 is 10.5 Å². The second-order valence-corrected chi connectivity index (χ2v) is 2.79. The Bertz CT molecular complexity index is 449. The molecule has 0 aromatic carbocycles. The van der Waals surface area contributed by atoms with Crippen LogP contribution in [0.3, 0.4) is 0 Å². The largest absolute Gasteiger partial charge is 0.493 e. The third-order valence-corrected chi connectivity index (χ3v) is 1.75. The van der Waals surface area contributed by atoms with Crippen molar-refractivity contribution in [1.82, 2.24) is 14.6 Å². The van der Waals surface area contributed by atoms with Gasteiger partial charge in [-0.1, -0.05) is 0 Å². The fraction of sp³-hybridized carbons (Fsp3) is 0.250. The molecule has 0 saturated carbocycles. The lowest BCUT2D eigenvalue weighted by Gasteiger charge is -2.01. The van der Waals surface area contributed by atoms with Crippen molar-refractivity contribution in [3.63, 3.8) is 0 Å². The minimum atomic E-state index is 0.418. The van der Waals surface area contributed by atoms with Crippen LogP contribution in [0.15, 0.2) is 12.3 Å². The van der Waals surface area contributed by atoms with E-state index in [1.165, 1.54) is 0 Å². The first kappa shape index (κ1) is 7.85. The van der Waals surface area contributed by atoms with E-state index in [0.29, 0.717) is 17.2 Å². The molecule has 2 heterocycles. The Morgan fingerprint density at radius 1 is 1.54 bits per heavy atom. The minimum absolute atomic E-state index is 0.418. The van der Waals surface area contributed by atoms with Gasteiger partial charge < -0.3 is 10.5 Å². The van der Waals surface area contributed by atoms with Crippen LogP contribution in [0.5, 0.6) is 5.75 Å². The average molecular weight is 178 g/mol. The molecule has 0 aliphatic heterocycles. The maximum Gasteiger partial charge on any atom is 0.196 e. The number of nitrogen functional groups attached to an aromatic ring is 1. The zero-order valence-electron chi connectivity index (χ0n) is 7.48. The quantitative estimate of drug-likeness (QED) is 0.695. The zero-order valence-corrected chi connectivity index (χ0v) is 7.48. The van der Waals surface area contributed by atoms with Crippen molar-refractivity contribution in [1.29, 1.82) is 0 Å². The maximum atomic E-state index is 5.57. The van der Waals surface area contributed by atoms with Crippen molar-refractivity contribution in [2.45, 2.75) is 6.92 Å². The van der Waals surface area contributed by atoms with E-state index >= 15 is 0 Å². The van der Waals surface area contributed by atoms with E-state index < -0.39 is 0 Å². The molecular formula is C8H10N4O. The molecule has 0 fully saturated rings. The van der Waals surface area contributed by atoms with Crippen LogP contribution in [0.2, 0.25) is 0 Å². The van der Waals surface area contributed by atoms with Crippen LogP contribution in [0.25, 0.3) is 5.65 Å². The van der Waals surface area contributed by atoms with Gasteiger partial charge in [0.25, 0.3) is 0 Å². The fourth-order valence-electron chi connectivity index (χ4n) is 1.23. The normalized spacial score (nSPS) is 10.6. The maximum absolute atomic E-state index is 5.57. The number of aryl methyl sites for hydroxylation is 1. The van der Waals surface area contributed by atoms with Crippen molar-refractivity contribution in [2.24, 2.45) is 0 Å². The van der Waals surface area contributed by atoms with E-state index in [4.69, 9.17) is 10.5 Å². The van der Waals surface area contributed by atoms with E-state index in [-0.39, 0.29) is 0 Å². The van der Waals surface area contributed by atoms with Gasteiger partial charge in [0.15, 0.2) is 11.4 Å². The van der Waals surface area contributed by atoms with Gasteiger partial charge in [0.05, 0.1) is 19.0 Å². The molecule has 13 heavy (non-hydrogen) atoms. The Labute approximate surface area is 75.1 Å². The standard InChI is InChI=1S/C8H10N4O/c1-5-4-12-8(10-5)6(13-2)3-7(9)11-12/h3-4H,1-2H3,(H2,9,11). The Balaban J connectivity index is 2.80. The Morgan fingerprint density at radius 3 is 3.00 bits per heavy atom. The molecular weight excluding hydrogens is 168 g/mol. The van der Waals surface area contributed by atoms with Crippen molar-refractivity contribution < 1.29 is 4.74 Å². The summed E-state index contributed by atoms with van der Waals surface area (Å²) in [6, 6.07) is 1.65. The number of nitrogens with zero attached hydrogens (tertiary/aromatic N) is 3. The smallest absolute Gasteiger partial charge is 0.196 e. The van der Waals surface area contributed by atoms with Crippen LogP contribution in [-0.2, 0) is 0 Å². The van der Waals surface area contributed by atoms with Crippen molar-refractivity contribution >= 4 is 11.5 Å². The van der Waals surface area contributed by atoms with Crippen molar-refractivity contribution in [2.75, 3.05) is 12.8 Å². The molecule has 0 radical (unpaired) electrons. The summed E-state index contributed by atoms with van der Waals surface area (Å²) in [5.74, 6) is 1.06. The van der Waals surface area contributed by atoms with Crippen LogP contribution in [0.1, 0.15) is 5.69 Å². The van der Waals surface area contributed by atoms with E-state index in [9.17, 15) is 0 Å². The van der Waals surface area contributed by atoms with Gasteiger partial charge in [0.1, 0.15) is 5.82 Å². The number of anilines is 1. The molecule has 0 bridgehead atoms.